The van der Waals surface area contributed by atoms with Crippen LogP contribution < -0.4 is 9.47 Å². The second kappa shape index (κ2) is 18.8. The number of ether oxygens (including phenoxy) is 9. The molecule has 0 spiro atoms. The lowest BCUT2D eigenvalue weighted by molar-refractivity contribution is -0.383. The van der Waals surface area contributed by atoms with E-state index in [2.05, 4.69) is 0 Å². The van der Waals surface area contributed by atoms with E-state index in [-0.39, 0.29) is 23.0 Å². The van der Waals surface area contributed by atoms with Gasteiger partial charge < -0.3 is 73.3 Å². The average Bonchev–Trinajstić information content (AvgIpc) is 3.43. The summed E-state index contributed by atoms with van der Waals surface area (Å²) in [5.41, 5.74) is 0.848. The SMILES string of the molecule is COc1cc(C=CC(=O)OC[C@@H]2O[C@H](O[C@]3(CO)O[C@H](COC(C)=O)[C@@H](OC(C)=O)[C@@H]3OC(=O)C=Cc3ccc(O)c(OC)c3)[C@H](O)[C@@H](O)[C@@H]2O)ccc1O. The number of phenolic OH excluding ortho intramolecular Hbond substituents is 2. The van der Waals surface area contributed by atoms with Crippen molar-refractivity contribution < 1.29 is 92.4 Å². The van der Waals surface area contributed by atoms with Crippen LogP contribution in [0.5, 0.6) is 23.0 Å². The Morgan fingerprint density at radius 3 is 1.84 bits per heavy atom. The molecule has 0 radical (unpaired) electrons. The van der Waals surface area contributed by atoms with Crippen LogP contribution in [0.1, 0.15) is 25.0 Å². The summed E-state index contributed by atoms with van der Waals surface area (Å²) in [5.74, 6) is -6.28. The molecule has 0 aromatic heterocycles. The number of aliphatic hydroxyl groups excluding tert-OH is 4. The molecule has 0 amide bonds. The molecular weight excluding hydrogens is 736 g/mol. The normalized spacial score (nSPS) is 27.8. The third-order valence-electron chi connectivity index (χ3n) is 8.27. The smallest absolute Gasteiger partial charge is 0.331 e. The highest BCUT2D eigenvalue weighted by atomic mass is 16.8. The van der Waals surface area contributed by atoms with Gasteiger partial charge in [-0.15, -0.1) is 0 Å². The van der Waals surface area contributed by atoms with Gasteiger partial charge in [0.2, 0.25) is 5.79 Å². The molecule has 4 rings (SSSR count). The fraction of sp³-hybridized carbons (Fsp3) is 0.444. The number of phenols is 2. The van der Waals surface area contributed by atoms with Crippen LogP contribution in [0.3, 0.4) is 0 Å². The minimum Gasteiger partial charge on any atom is -0.504 e. The summed E-state index contributed by atoms with van der Waals surface area (Å²) in [5, 5.41) is 62.6. The van der Waals surface area contributed by atoms with Crippen LogP contribution in [0.4, 0.5) is 0 Å². The van der Waals surface area contributed by atoms with Crippen LogP contribution >= 0.6 is 0 Å². The Kier molecular flexibility index (Phi) is 14.6. The molecule has 2 aromatic rings. The molecule has 0 bridgehead atoms. The van der Waals surface area contributed by atoms with Gasteiger partial charge in [-0.3, -0.25) is 9.59 Å². The number of esters is 4. The third kappa shape index (κ3) is 10.7. The van der Waals surface area contributed by atoms with Gasteiger partial charge in [-0.1, -0.05) is 12.1 Å². The number of aromatic hydroxyl groups is 2. The van der Waals surface area contributed by atoms with Gasteiger partial charge in [0.25, 0.3) is 0 Å². The maximum Gasteiger partial charge on any atom is 0.331 e. The first kappa shape index (κ1) is 42.5. The molecule has 2 aromatic carbocycles. The zero-order valence-corrected chi connectivity index (χ0v) is 30.0. The highest BCUT2D eigenvalue weighted by molar-refractivity contribution is 5.88. The van der Waals surface area contributed by atoms with E-state index in [0.29, 0.717) is 11.1 Å². The first-order valence-electron chi connectivity index (χ1n) is 16.6. The van der Waals surface area contributed by atoms with Crippen molar-refractivity contribution in [1.29, 1.82) is 0 Å². The molecule has 0 unspecified atom stereocenters. The van der Waals surface area contributed by atoms with E-state index in [4.69, 9.17) is 42.6 Å². The third-order valence-corrected chi connectivity index (χ3v) is 8.27. The number of benzene rings is 2. The molecule has 19 nitrogen and oxygen atoms in total. The number of carbonyl (C=O) groups is 4. The lowest BCUT2D eigenvalue weighted by Gasteiger charge is -2.43. The van der Waals surface area contributed by atoms with Crippen molar-refractivity contribution in [1.82, 2.24) is 0 Å². The van der Waals surface area contributed by atoms with E-state index in [1.807, 2.05) is 0 Å². The van der Waals surface area contributed by atoms with Crippen molar-refractivity contribution in [2.24, 2.45) is 0 Å². The maximum absolute atomic E-state index is 13.2. The van der Waals surface area contributed by atoms with Crippen LogP contribution in [0, 0.1) is 0 Å². The van der Waals surface area contributed by atoms with Crippen molar-refractivity contribution in [2.75, 3.05) is 34.0 Å². The van der Waals surface area contributed by atoms with Gasteiger partial charge in [0.1, 0.15) is 50.3 Å². The van der Waals surface area contributed by atoms with E-state index >= 15 is 0 Å². The topological polar surface area (TPSA) is 273 Å². The molecular formula is C36H42O19. The zero-order chi connectivity index (χ0) is 40.4. The Morgan fingerprint density at radius 2 is 1.31 bits per heavy atom. The van der Waals surface area contributed by atoms with Gasteiger partial charge >= 0.3 is 23.9 Å². The van der Waals surface area contributed by atoms with Gasteiger partial charge in [-0.25, -0.2) is 9.59 Å². The number of aliphatic hydroxyl groups is 4. The van der Waals surface area contributed by atoms with Crippen LogP contribution in [0.25, 0.3) is 12.2 Å². The predicted molar refractivity (Wildman–Crippen MR) is 183 cm³/mol. The number of rotatable bonds is 15. The van der Waals surface area contributed by atoms with Crippen molar-refractivity contribution in [2.45, 2.75) is 68.7 Å². The quantitative estimate of drug-likeness (QED) is 0.0770. The average molecular weight is 779 g/mol. The van der Waals surface area contributed by atoms with Crippen LogP contribution in [-0.4, -0.2) is 143 Å². The van der Waals surface area contributed by atoms with Crippen molar-refractivity contribution in [3.63, 3.8) is 0 Å². The van der Waals surface area contributed by atoms with Crippen molar-refractivity contribution >= 4 is 36.0 Å². The number of carbonyl (C=O) groups excluding carboxylic acids is 4. The molecule has 2 aliphatic rings. The Labute approximate surface area is 313 Å². The minimum atomic E-state index is -2.56. The van der Waals surface area contributed by atoms with Gasteiger partial charge in [-0.2, -0.15) is 0 Å². The van der Waals surface area contributed by atoms with E-state index in [1.54, 1.807) is 0 Å². The predicted octanol–water partition coefficient (Wildman–Crippen LogP) is -0.297. The Balaban J connectivity index is 1.57. The van der Waals surface area contributed by atoms with Crippen molar-refractivity contribution in [3.05, 3.63) is 59.7 Å². The molecule has 300 valence electrons. The molecule has 6 N–H and O–H groups in total. The monoisotopic (exact) mass is 778 g/mol. The van der Waals surface area contributed by atoms with Crippen molar-refractivity contribution in [3.8, 4) is 23.0 Å². The van der Waals surface area contributed by atoms with Gasteiger partial charge in [0.05, 0.1) is 14.2 Å². The number of methoxy groups -OCH3 is 2. The second-order valence-corrected chi connectivity index (χ2v) is 12.2. The molecule has 2 aliphatic heterocycles. The summed E-state index contributed by atoms with van der Waals surface area (Å²) < 4.78 is 48.7. The molecule has 9 atom stereocenters. The first-order chi connectivity index (χ1) is 26.1. The molecule has 0 aliphatic carbocycles. The largest absolute Gasteiger partial charge is 0.504 e. The summed E-state index contributed by atoms with van der Waals surface area (Å²) in [6.45, 7) is -0.382. The number of hydrogen-bond donors (Lipinski definition) is 6. The Hall–Kier alpha value is -5.28. The fourth-order valence-corrected chi connectivity index (χ4v) is 5.56. The lowest BCUT2D eigenvalue weighted by Crippen LogP contribution is -2.63. The van der Waals surface area contributed by atoms with E-state index in [1.165, 1.54) is 62.8 Å². The highest BCUT2D eigenvalue weighted by Gasteiger charge is 2.63. The van der Waals surface area contributed by atoms with Gasteiger partial charge in [-0.05, 0) is 47.5 Å². The van der Waals surface area contributed by atoms with E-state index in [0.717, 1.165) is 26.0 Å². The lowest BCUT2D eigenvalue weighted by atomic mass is 9.98. The second-order valence-electron chi connectivity index (χ2n) is 12.2. The summed E-state index contributed by atoms with van der Waals surface area (Å²) in [7, 11) is 2.67. The fourth-order valence-electron chi connectivity index (χ4n) is 5.56. The Morgan fingerprint density at radius 1 is 0.745 bits per heavy atom. The highest BCUT2D eigenvalue weighted by Crippen LogP contribution is 2.40. The van der Waals surface area contributed by atoms with Gasteiger partial charge in [0.15, 0.2) is 41.5 Å². The molecule has 2 heterocycles. The van der Waals surface area contributed by atoms with Gasteiger partial charge in [0, 0.05) is 26.0 Å². The van der Waals surface area contributed by atoms with Crippen LogP contribution in [0.15, 0.2) is 48.6 Å². The molecule has 2 fully saturated rings. The number of hydrogen-bond acceptors (Lipinski definition) is 19. The van der Waals surface area contributed by atoms with E-state index < -0.39 is 98.5 Å². The molecule has 0 saturated carbocycles. The standard InChI is InChI=1S/C36H42O19/c1-18(38)49-16-27-33(51-19(2)39)34(53-29(43)12-8-21-6-10-23(41)25(14-21)48-4)36(17-37,54-27)55-35-32(46)31(45)30(44)26(52-35)15-50-28(42)11-7-20-5-9-22(40)24(13-20)47-3/h5-14,26-27,30-35,37,40-41,44-46H,15-17H2,1-4H3/t26-,27+,30+,31-,32+,33+,34-,35+,36-/m0/s1. The molecule has 2 saturated heterocycles. The summed E-state index contributed by atoms with van der Waals surface area (Å²) >= 11 is 0. The summed E-state index contributed by atoms with van der Waals surface area (Å²) in [4.78, 5) is 49.6. The van der Waals surface area contributed by atoms with E-state index in [9.17, 15) is 49.8 Å². The Bertz CT molecular complexity index is 1740. The summed E-state index contributed by atoms with van der Waals surface area (Å²) in [6, 6.07) is 8.47. The van der Waals surface area contributed by atoms with Crippen LogP contribution in [-0.2, 0) is 52.3 Å². The molecule has 19 heteroatoms. The summed E-state index contributed by atoms with van der Waals surface area (Å²) in [6.07, 6.45) is -9.77. The first-order valence-corrected chi connectivity index (χ1v) is 16.6. The maximum atomic E-state index is 13.2. The minimum absolute atomic E-state index is 0.105. The van der Waals surface area contributed by atoms with Crippen LogP contribution in [0.2, 0.25) is 0 Å². The molecule has 55 heavy (non-hydrogen) atoms. The zero-order valence-electron chi connectivity index (χ0n) is 30.0.